The fourth-order valence-corrected chi connectivity index (χ4v) is 3.80. The maximum absolute atomic E-state index is 12.7. The monoisotopic (exact) mass is 482 g/mol. The number of carbonyl (C=O) groups is 2. The third-order valence-electron chi connectivity index (χ3n) is 5.93. The second-order valence-electron chi connectivity index (χ2n) is 8.28. The van der Waals surface area contributed by atoms with Crippen LogP contribution in [0.5, 0.6) is 0 Å². The Morgan fingerprint density at radius 3 is 1.42 bits per heavy atom. The van der Waals surface area contributed by atoms with Gasteiger partial charge in [-0.15, -0.1) is 0 Å². The largest absolute Gasteiger partial charge is 0.392 e. The lowest BCUT2D eigenvalue weighted by atomic mass is 9.94. The van der Waals surface area contributed by atoms with Crippen LogP contribution >= 0.6 is 0 Å². The van der Waals surface area contributed by atoms with Gasteiger partial charge in [-0.25, -0.2) is 0 Å². The molecule has 0 bridgehead atoms. The molecule has 0 fully saturated rings. The van der Waals surface area contributed by atoms with E-state index in [1.165, 1.54) is 12.4 Å². The molecule has 2 amide bonds. The first kappa shape index (κ1) is 24.7. The molecule has 2 aromatic heterocycles. The van der Waals surface area contributed by atoms with Crippen LogP contribution in [0.1, 0.15) is 43.2 Å². The van der Waals surface area contributed by atoms with Crippen LogP contribution in [0.25, 0.3) is 11.1 Å². The summed E-state index contributed by atoms with van der Waals surface area (Å²) in [5, 5.41) is 24.2. The number of aromatic nitrogens is 2. The number of hydrogen-bond donors (Lipinski definition) is 4. The van der Waals surface area contributed by atoms with Gasteiger partial charge in [0.2, 0.25) is 0 Å². The number of rotatable bonds is 7. The van der Waals surface area contributed by atoms with Gasteiger partial charge in [-0.2, -0.15) is 0 Å². The van der Waals surface area contributed by atoms with Gasteiger partial charge in [0.1, 0.15) is 11.4 Å². The predicted octanol–water partition coefficient (Wildman–Crippen LogP) is 4.25. The number of pyridine rings is 2. The maximum Gasteiger partial charge on any atom is 0.274 e. The summed E-state index contributed by atoms with van der Waals surface area (Å²) in [6, 6.07) is 17.7. The minimum atomic E-state index is -0.350. The summed E-state index contributed by atoms with van der Waals surface area (Å²) in [4.78, 5) is 33.7. The molecule has 36 heavy (non-hydrogen) atoms. The van der Waals surface area contributed by atoms with Gasteiger partial charge in [0.15, 0.2) is 0 Å². The SMILES string of the molecule is Cc1c(NC(=O)c2ccc(CO)cn2)cccc1-c1cccc(NC(=O)c2ccc(CO)cn2)c1C. The van der Waals surface area contributed by atoms with Gasteiger partial charge >= 0.3 is 0 Å². The maximum atomic E-state index is 12.7. The van der Waals surface area contributed by atoms with Crippen molar-refractivity contribution < 1.29 is 19.8 Å². The summed E-state index contributed by atoms with van der Waals surface area (Å²) in [6.45, 7) is 3.57. The highest BCUT2D eigenvalue weighted by Crippen LogP contribution is 2.34. The number of carbonyl (C=O) groups excluding carboxylic acids is 2. The molecule has 4 aromatic rings. The van der Waals surface area contributed by atoms with Crippen molar-refractivity contribution in [1.82, 2.24) is 9.97 Å². The number of amides is 2. The van der Waals surface area contributed by atoms with E-state index in [0.717, 1.165) is 22.3 Å². The fraction of sp³-hybridized carbons (Fsp3) is 0.143. The Hall–Kier alpha value is -4.40. The summed E-state index contributed by atoms with van der Waals surface area (Å²) in [7, 11) is 0. The second-order valence-corrected chi connectivity index (χ2v) is 8.28. The van der Waals surface area contributed by atoms with E-state index >= 15 is 0 Å². The van der Waals surface area contributed by atoms with Crippen molar-refractivity contribution in [3.8, 4) is 11.1 Å². The van der Waals surface area contributed by atoms with Gasteiger partial charge in [-0.3, -0.25) is 19.6 Å². The lowest BCUT2D eigenvalue weighted by molar-refractivity contribution is 0.101. The number of anilines is 2. The molecule has 0 atom stereocenters. The van der Waals surface area contributed by atoms with E-state index in [1.54, 1.807) is 24.3 Å². The Morgan fingerprint density at radius 2 is 1.08 bits per heavy atom. The smallest absolute Gasteiger partial charge is 0.274 e. The van der Waals surface area contributed by atoms with Crippen molar-refractivity contribution in [2.45, 2.75) is 27.1 Å². The van der Waals surface area contributed by atoms with Crippen LogP contribution in [-0.2, 0) is 13.2 Å². The molecule has 0 radical (unpaired) electrons. The van der Waals surface area contributed by atoms with Gasteiger partial charge < -0.3 is 20.8 Å². The quantitative estimate of drug-likeness (QED) is 0.312. The van der Waals surface area contributed by atoms with Crippen molar-refractivity contribution in [1.29, 1.82) is 0 Å². The van der Waals surface area contributed by atoms with Gasteiger partial charge in [-0.1, -0.05) is 36.4 Å². The zero-order chi connectivity index (χ0) is 25.7. The molecular weight excluding hydrogens is 456 g/mol. The van der Waals surface area contributed by atoms with Gasteiger partial charge in [0.25, 0.3) is 11.8 Å². The number of aliphatic hydroxyl groups is 2. The first-order valence-corrected chi connectivity index (χ1v) is 11.3. The first-order valence-electron chi connectivity index (χ1n) is 11.3. The molecule has 0 aliphatic rings. The van der Waals surface area contributed by atoms with E-state index in [1.807, 2.05) is 50.2 Å². The van der Waals surface area contributed by atoms with Crippen molar-refractivity contribution in [2.24, 2.45) is 0 Å². The Bertz CT molecular complexity index is 1290. The topological polar surface area (TPSA) is 124 Å². The van der Waals surface area contributed by atoms with E-state index in [4.69, 9.17) is 10.2 Å². The Kier molecular flexibility index (Phi) is 7.48. The standard InChI is InChI=1S/C28H26N4O4/c1-17-21(5-3-7-23(17)31-27(35)25-11-9-19(15-33)13-29-25)22-6-4-8-24(18(22)2)32-28(36)26-12-10-20(16-34)14-30-26/h3-14,33-34H,15-16H2,1-2H3,(H,31,35)(H,32,36). The molecule has 2 aromatic carbocycles. The third kappa shape index (κ3) is 5.30. The van der Waals surface area contributed by atoms with E-state index in [2.05, 4.69) is 20.6 Å². The highest BCUT2D eigenvalue weighted by Gasteiger charge is 2.15. The summed E-state index contributed by atoms with van der Waals surface area (Å²) in [5.41, 5.74) is 6.61. The van der Waals surface area contributed by atoms with E-state index in [-0.39, 0.29) is 36.4 Å². The molecule has 2 heterocycles. The van der Waals surface area contributed by atoms with Crippen LogP contribution in [0, 0.1) is 13.8 Å². The number of benzene rings is 2. The van der Waals surface area contributed by atoms with E-state index < -0.39 is 0 Å². The molecule has 0 unspecified atom stereocenters. The van der Waals surface area contributed by atoms with Gasteiger partial charge in [-0.05, 0) is 71.5 Å². The van der Waals surface area contributed by atoms with Crippen LogP contribution < -0.4 is 10.6 Å². The molecular formula is C28H26N4O4. The highest BCUT2D eigenvalue weighted by molar-refractivity contribution is 6.05. The minimum absolute atomic E-state index is 0.137. The number of nitrogens with zero attached hydrogens (tertiary/aromatic N) is 2. The molecule has 0 saturated carbocycles. The molecule has 182 valence electrons. The Balaban J connectivity index is 1.58. The van der Waals surface area contributed by atoms with Crippen LogP contribution in [0.2, 0.25) is 0 Å². The lowest BCUT2D eigenvalue weighted by Crippen LogP contribution is -2.15. The number of nitrogens with one attached hydrogen (secondary N) is 2. The molecule has 8 nitrogen and oxygen atoms in total. The third-order valence-corrected chi connectivity index (χ3v) is 5.93. The molecule has 0 aliphatic carbocycles. The Morgan fingerprint density at radius 1 is 0.667 bits per heavy atom. The van der Waals surface area contributed by atoms with Crippen molar-refractivity contribution in [2.75, 3.05) is 10.6 Å². The van der Waals surface area contributed by atoms with Crippen molar-refractivity contribution in [3.05, 3.63) is 107 Å². The van der Waals surface area contributed by atoms with Crippen LogP contribution in [-0.4, -0.2) is 32.0 Å². The molecule has 0 spiro atoms. The zero-order valence-electron chi connectivity index (χ0n) is 19.9. The molecule has 0 aliphatic heterocycles. The second kappa shape index (κ2) is 10.9. The van der Waals surface area contributed by atoms with Crippen molar-refractivity contribution in [3.63, 3.8) is 0 Å². The average molecular weight is 483 g/mol. The van der Waals surface area contributed by atoms with Crippen LogP contribution in [0.4, 0.5) is 11.4 Å². The lowest BCUT2D eigenvalue weighted by Gasteiger charge is -2.17. The van der Waals surface area contributed by atoms with Gasteiger partial charge in [0, 0.05) is 23.8 Å². The van der Waals surface area contributed by atoms with Crippen molar-refractivity contribution >= 4 is 23.2 Å². The molecule has 4 N–H and O–H groups in total. The number of hydrogen-bond acceptors (Lipinski definition) is 6. The Labute approximate surface area is 208 Å². The molecule has 4 rings (SSSR count). The summed E-state index contributed by atoms with van der Waals surface area (Å²) in [6.07, 6.45) is 2.94. The average Bonchev–Trinajstić information content (AvgIpc) is 2.91. The van der Waals surface area contributed by atoms with Crippen LogP contribution in [0.3, 0.4) is 0 Å². The minimum Gasteiger partial charge on any atom is -0.392 e. The summed E-state index contributed by atoms with van der Waals surface area (Å²) >= 11 is 0. The first-order chi connectivity index (χ1) is 17.4. The molecule has 8 heteroatoms. The van der Waals surface area contributed by atoms with Crippen LogP contribution in [0.15, 0.2) is 73.1 Å². The predicted molar refractivity (Wildman–Crippen MR) is 138 cm³/mol. The summed E-state index contributed by atoms with van der Waals surface area (Å²) < 4.78 is 0. The fourth-order valence-electron chi connectivity index (χ4n) is 3.80. The molecule has 0 saturated heterocycles. The number of aliphatic hydroxyl groups excluding tert-OH is 2. The summed E-state index contributed by atoms with van der Waals surface area (Å²) in [5.74, 6) is -0.700. The zero-order valence-corrected chi connectivity index (χ0v) is 19.9. The van der Waals surface area contributed by atoms with E-state index in [0.29, 0.717) is 22.5 Å². The van der Waals surface area contributed by atoms with Gasteiger partial charge in [0.05, 0.1) is 13.2 Å². The van der Waals surface area contributed by atoms with E-state index in [9.17, 15) is 9.59 Å². The normalized spacial score (nSPS) is 10.7. The highest BCUT2D eigenvalue weighted by atomic mass is 16.3.